The fourth-order valence-corrected chi connectivity index (χ4v) is 11.0. The van der Waals surface area contributed by atoms with E-state index in [0.717, 1.165) is 28.4 Å². The molecule has 0 spiro atoms. The third-order valence-corrected chi connectivity index (χ3v) is 13.8. The maximum Gasteiger partial charge on any atom is 0.136 e. The zero-order chi connectivity index (χ0) is 39.7. The zero-order valence-corrected chi connectivity index (χ0v) is 33.5. The van der Waals surface area contributed by atoms with Gasteiger partial charge in [-0.25, -0.2) is 0 Å². The summed E-state index contributed by atoms with van der Waals surface area (Å²) in [6.45, 7) is 4.81. The molecule has 0 bridgehead atoms. The monoisotopic (exact) mass is 768 g/mol. The number of furan rings is 1. The van der Waals surface area contributed by atoms with Gasteiger partial charge in [-0.3, -0.25) is 0 Å². The lowest BCUT2D eigenvalue weighted by atomic mass is 9.76. The molecule has 0 saturated carbocycles. The van der Waals surface area contributed by atoms with Crippen LogP contribution in [0.5, 0.6) is 0 Å². The molecule has 284 valence electrons. The Morgan fingerprint density at radius 1 is 0.500 bits per heavy atom. The number of aromatic nitrogens is 2. The van der Waals surface area contributed by atoms with Gasteiger partial charge in [0.15, 0.2) is 0 Å². The van der Waals surface area contributed by atoms with Crippen LogP contribution in [0, 0.1) is 0 Å². The van der Waals surface area contributed by atoms with Gasteiger partial charge in [-0.15, -0.1) is 0 Å². The van der Waals surface area contributed by atoms with Crippen molar-refractivity contribution in [2.24, 2.45) is 0 Å². The Morgan fingerprint density at radius 2 is 1.13 bits per heavy atom. The average molecular weight is 769 g/mol. The Bertz CT molecular complexity index is 3590. The molecule has 11 aromatic rings. The van der Waals surface area contributed by atoms with E-state index >= 15 is 0 Å². The molecular formula is C57H40N2O. The average Bonchev–Trinajstić information content (AvgIpc) is 4.00. The highest BCUT2D eigenvalue weighted by atomic mass is 16.3. The van der Waals surface area contributed by atoms with Gasteiger partial charge in [0.1, 0.15) is 11.2 Å². The maximum atomic E-state index is 6.61. The van der Waals surface area contributed by atoms with Crippen LogP contribution in [0.1, 0.15) is 42.1 Å². The van der Waals surface area contributed by atoms with E-state index in [-0.39, 0.29) is 5.41 Å². The van der Waals surface area contributed by atoms with Crippen LogP contribution in [0.25, 0.3) is 94.4 Å². The largest absolute Gasteiger partial charge is 0.456 e. The second-order valence-electron chi connectivity index (χ2n) is 17.2. The van der Waals surface area contributed by atoms with Crippen LogP contribution in [0.2, 0.25) is 0 Å². The topological polar surface area (TPSA) is 23.0 Å². The van der Waals surface area contributed by atoms with Crippen LogP contribution in [-0.4, -0.2) is 9.13 Å². The minimum atomic E-state index is -0.0221. The van der Waals surface area contributed by atoms with Crippen LogP contribution in [0.3, 0.4) is 0 Å². The van der Waals surface area contributed by atoms with Gasteiger partial charge in [-0.2, -0.15) is 0 Å². The van der Waals surface area contributed by atoms with Gasteiger partial charge in [0.25, 0.3) is 0 Å². The standard InChI is InChI=1S/C57H40N2O/c1-57(2)48-21-11-9-18-41(48)43-33-46-45-32-37(25-28-52(45)59(53(46)34-49(43)57)39-16-7-4-8-17-39)40-20-13-23-55-56(40)47-31-36(26-29-54(47)60-55)35-24-27-51-44(30-35)42-19-10-12-22-50(42)58(51)38-14-5-3-6-15-38/h3-32,34,43H,33H2,1-2H3. The molecule has 3 heteroatoms. The lowest BCUT2D eigenvalue weighted by Gasteiger charge is -2.28. The van der Waals surface area contributed by atoms with Crippen molar-refractivity contribution in [3.63, 3.8) is 0 Å². The molecular weight excluding hydrogens is 729 g/mol. The van der Waals surface area contributed by atoms with E-state index in [1.165, 1.54) is 94.3 Å². The highest BCUT2D eigenvalue weighted by Gasteiger charge is 2.44. The summed E-state index contributed by atoms with van der Waals surface area (Å²) in [7, 11) is 0. The molecule has 0 aliphatic heterocycles. The summed E-state index contributed by atoms with van der Waals surface area (Å²) in [6.07, 6.45) is 3.51. The number of benzene rings is 8. The number of rotatable bonds is 4. The third kappa shape index (κ3) is 4.66. The Kier molecular flexibility index (Phi) is 6.90. The molecule has 13 rings (SSSR count). The van der Waals surface area contributed by atoms with Crippen LogP contribution in [-0.2, 0) is 11.8 Å². The lowest BCUT2D eigenvalue weighted by Crippen LogP contribution is -2.19. The Morgan fingerprint density at radius 3 is 1.95 bits per heavy atom. The van der Waals surface area contributed by atoms with E-state index in [4.69, 9.17) is 4.42 Å². The van der Waals surface area contributed by atoms with Gasteiger partial charge in [0.05, 0.1) is 22.2 Å². The fourth-order valence-electron chi connectivity index (χ4n) is 11.0. The van der Waals surface area contributed by atoms with E-state index < -0.39 is 0 Å². The molecule has 0 fully saturated rings. The molecule has 0 amide bonds. The van der Waals surface area contributed by atoms with Crippen molar-refractivity contribution >= 4 is 60.7 Å². The number of hydrogen-bond acceptors (Lipinski definition) is 1. The number of nitrogens with zero attached hydrogens (tertiary/aromatic N) is 2. The summed E-state index contributed by atoms with van der Waals surface area (Å²) in [5.41, 5.74) is 19.7. The molecule has 3 nitrogen and oxygen atoms in total. The maximum absolute atomic E-state index is 6.61. The van der Waals surface area contributed by atoms with Crippen molar-refractivity contribution in [1.29, 1.82) is 0 Å². The van der Waals surface area contributed by atoms with Crippen molar-refractivity contribution in [2.45, 2.75) is 31.6 Å². The van der Waals surface area contributed by atoms with E-state index in [1.54, 1.807) is 0 Å². The van der Waals surface area contributed by atoms with Crippen LogP contribution >= 0.6 is 0 Å². The first-order chi connectivity index (χ1) is 29.5. The van der Waals surface area contributed by atoms with Crippen LogP contribution < -0.4 is 0 Å². The summed E-state index contributed by atoms with van der Waals surface area (Å²) in [5, 5.41) is 6.10. The SMILES string of the molecule is CC1(C)C2=Cc3c(c4cc(-c5cccc6oc7ccc(-c8ccc9c(c8)c8ccccc8n9-c8ccccc8)cc7c56)ccc4n3-c3ccccc3)CC2c2ccccc21. The van der Waals surface area contributed by atoms with Crippen molar-refractivity contribution in [2.75, 3.05) is 0 Å². The van der Waals surface area contributed by atoms with E-state index in [9.17, 15) is 0 Å². The van der Waals surface area contributed by atoms with Crippen molar-refractivity contribution in [1.82, 2.24) is 9.13 Å². The van der Waals surface area contributed by atoms with Gasteiger partial charge in [-0.05, 0) is 124 Å². The highest BCUT2D eigenvalue weighted by Crippen LogP contribution is 2.55. The van der Waals surface area contributed by atoms with E-state index in [2.05, 4.69) is 211 Å². The quantitative estimate of drug-likeness (QED) is 0.175. The zero-order valence-electron chi connectivity index (χ0n) is 33.5. The lowest BCUT2D eigenvalue weighted by molar-refractivity contribution is 0.613. The molecule has 8 aromatic carbocycles. The molecule has 0 saturated heterocycles. The second kappa shape index (κ2) is 12.3. The van der Waals surface area contributed by atoms with Gasteiger partial charge < -0.3 is 13.6 Å². The Labute approximate surface area is 348 Å². The van der Waals surface area contributed by atoms with E-state index in [1.807, 2.05) is 0 Å². The smallest absolute Gasteiger partial charge is 0.136 e. The predicted molar refractivity (Wildman–Crippen MR) is 250 cm³/mol. The minimum absolute atomic E-state index is 0.0221. The fraction of sp³-hybridized carbons (Fsp3) is 0.0877. The van der Waals surface area contributed by atoms with Crippen LogP contribution in [0.15, 0.2) is 192 Å². The Balaban J connectivity index is 0.983. The van der Waals surface area contributed by atoms with Crippen molar-refractivity contribution in [3.05, 3.63) is 210 Å². The third-order valence-electron chi connectivity index (χ3n) is 13.8. The van der Waals surface area contributed by atoms with Gasteiger partial charge in [0, 0.05) is 49.6 Å². The minimum Gasteiger partial charge on any atom is -0.456 e. The number of allylic oxidation sites excluding steroid dienone is 1. The second-order valence-corrected chi connectivity index (χ2v) is 17.2. The molecule has 3 aromatic heterocycles. The molecule has 1 unspecified atom stereocenters. The van der Waals surface area contributed by atoms with Crippen LogP contribution in [0.4, 0.5) is 0 Å². The molecule has 0 N–H and O–H groups in total. The van der Waals surface area contributed by atoms with E-state index in [0.29, 0.717) is 5.92 Å². The first-order valence-electron chi connectivity index (χ1n) is 21.1. The first kappa shape index (κ1) is 33.6. The number of para-hydroxylation sites is 3. The number of fused-ring (bicyclic) bond motifs is 12. The normalized spacial score (nSPS) is 15.5. The molecule has 2 aliphatic carbocycles. The summed E-state index contributed by atoms with van der Waals surface area (Å²) >= 11 is 0. The molecule has 2 aliphatic rings. The van der Waals surface area contributed by atoms with Crippen molar-refractivity contribution < 1.29 is 4.42 Å². The molecule has 0 radical (unpaired) electrons. The summed E-state index contributed by atoms with van der Waals surface area (Å²) in [5.74, 6) is 0.371. The van der Waals surface area contributed by atoms with Gasteiger partial charge in [0.2, 0.25) is 0 Å². The summed E-state index contributed by atoms with van der Waals surface area (Å²) in [4.78, 5) is 0. The van der Waals surface area contributed by atoms with Gasteiger partial charge in [-0.1, -0.05) is 129 Å². The Hall–Kier alpha value is -7.36. The molecule has 3 heterocycles. The molecule has 1 atom stereocenters. The van der Waals surface area contributed by atoms with Crippen molar-refractivity contribution in [3.8, 4) is 33.6 Å². The molecule has 60 heavy (non-hydrogen) atoms. The highest BCUT2D eigenvalue weighted by molar-refractivity contribution is 6.15. The predicted octanol–water partition coefficient (Wildman–Crippen LogP) is 15.0. The van der Waals surface area contributed by atoms with Gasteiger partial charge >= 0.3 is 0 Å². The summed E-state index contributed by atoms with van der Waals surface area (Å²) in [6, 6.07) is 66.6. The number of hydrogen-bond donors (Lipinski definition) is 0. The summed E-state index contributed by atoms with van der Waals surface area (Å²) < 4.78 is 11.5. The first-order valence-corrected chi connectivity index (χ1v) is 21.1.